The molecule has 94 valence electrons. The molecule has 2 saturated carbocycles. The van der Waals surface area contributed by atoms with E-state index < -0.39 is 0 Å². The lowest BCUT2D eigenvalue weighted by atomic mass is 9.86. The number of ether oxygens (including phenoxy) is 3. The molecule has 4 heteroatoms. The van der Waals surface area contributed by atoms with Crippen LogP contribution in [0.15, 0.2) is 0 Å². The van der Waals surface area contributed by atoms with Gasteiger partial charge in [0, 0.05) is 19.3 Å². The Kier molecular flexibility index (Phi) is 2.10. The van der Waals surface area contributed by atoms with E-state index in [1.807, 2.05) is 0 Å². The molecule has 0 aromatic heterocycles. The zero-order valence-electron chi connectivity index (χ0n) is 9.89. The summed E-state index contributed by atoms with van der Waals surface area (Å²) in [6.45, 7) is 0. The Balaban J connectivity index is 1.56. The molecular formula is C13H18O4. The second-order valence-corrected chi connectivity index (χ2v) is 5.85. The van der Waals surface area contributed by atoms with Crippen LogP contribution in [0.3, 0.4) is 0 Å². The van der Waals surface area contributed by atoms with Gasteiger partial charge in [0.2, 0.25) is 0 Å². The highest BCUT2D eigenvalue weighted by Crippen LogP contribution is 2.48. The van der Waals surface area contributed by atoms with Crippen LogP contribution in [0.5, 0.6) is 0 Å². The van der Waals surface area contributed by atoms with Gasteiger partial charge in [-0.1, -0.05) is 6.42 Å². The summed E-state index contributed by atoms with van der Waals surface area (Å²) in [6.07, 6.45) is 7.33. The average Bonchev–Trinajstić information content (AvgIpc) is 2.82. The van der Waals surface area contributed by atoms with Crippen molar-refractivity contribution in [3.05, 3.63) is 0 Å². The first-order valence-electron chi connectivity index (χ1n) is 6.82. The third kappa shape index (κ3) is 1.47. The van der Waals surface area contributed by atoms with Crippen LogP contribution in [-0.2, 0) is 19.0 Å². The quantitative estimate of drug-likeness (QED) is 0.603. The Bertz CT molecular complexity index is 347. The van der Waals surface area contributed by atoms with Gasteiger partial charge in [0.15, 0.2) is 5.79 Å². The van der Waals surface area contributed by atoms with Gasteiger partial charge in [0.05, 0.1) is 12.0 Å². The van der Waals surface area contributed by atoms with Crippen LogP contribution < -0.4 is 0 Å². The first kappa shape index (κ1) is 10.3. The molecule has 2 aliphatic heterocycles. The van der Waals surface area contributed by atoms with Crippen LogP contribution in [0.2, 0.25) is 0 Å². The second-order valence-electron chi connectivity index (χ2n) is 5.85. The molecule has 4 rings (SSSR count). The van der Waals surface area contributed by atoms with E-state index in [4.69, 9.17) is 14.2 Å². The fourth-order valence-corrected chi connectivity index (χ4v) is 3.86. The van der Waals surface area contributed by atoms with Crippen molar-refractivity contribution in [3.8, 4) is 0 Å². The third-order valence-electron chi connectivity index (χ3n) is 4.70. The lowest BCUT2D eigenvalue weighted by Crippen LogP contribution is -2.39. The van der Waals surface area contributed by atoms with Gasteiger partial charge in [0.25, 0.3) is 0 Å². The Labute approximate surface area is 101 Å². The standard InChI is InChI=1S/C13H18O4/c14-12-8-6-9(15-12)11-10(7-8)16-13(17-11)4-2-1-3-5-13/h8-11H,1-7H2/t8-,9+,10-,11+/m1/s1. The molecule has 1 spiro atoms. The van der Waals surface area contributed by atoms with Crippen molar-refractivity contribution in [2.24, 2.45) is 5.92 Å². The maximum atomic E-state index is 11.5. The highest BCUT2D eigenvalue weighted by molar-refractivity contribution is 5.75. The number of rotatable bonds is 0. The highest BCUT2D eigenvalue weighted by Gasteiger charge is 2.58. The third-order valence-corrected chi connectivity index (χ3v) is 4.70. The fraction of sp³-hybridized carbons (Fsp3) is 0.923. The molecule has 17 heavy (non-hydrogen) atoms. The normalized spacial score (nSPS) is 46.9. The Morgan fingerprint density at radius 1 is 1.00 bits per heavy atom. The van der Waals surface area contributed by atoms with E-state index in [0.29, 0.717) is 0 Å². The van der Waals surface area contributed by atoms with E-state index in [1.165, 1.54) is 19.3 Å². The SMILES string of the molecule is O=C1O[C@H]2C[C@@H]1C[C@H]1OC3(CCCCC3)O[C@@H]21. The van der Waals surface area contributed by atoms with Crippen LogP contribution in [-0.4, -0.2) is 30.1 Å². The van der Waals surface area contributed by atoms with Crippen molar-refractivity contribution >= 4 is 5.97 Å². The van der Waals surface area contributed by atoms with Crippen molar-refractivity contribution in [2.45, 2.75) is 69.0 Å². The number of carbonyl (C=O) groups is 1. The van der Waals surface area contributed by atoms with E-state index in [-0.39, 0.29) is 36.0 Å². The zero-order valence-corrected chi connectivity index (χ0v) is 9.89. The van der Waals surface area contributed by atoms with Crippen LogP contribution in [0, 0.1) is 5.92 Å². The molecule has 4 fully saturated rings. The lowest BCUT2D eigenvalue weighted by Gasteiger charge is -2.32. The first-order chi connectivity index (χ1) is 8.26. The van der Waals surface area contributed by atoms with Gasteiger partial charge in [-0.15, -0.1) is 0 Å². The summed E-state index contributed by atoms with van der Waals surface area (Å²) >= 11 is 0. The molecule has 4 nitrogen and oxygen atoms in total. The van der Waals surface area contributed by atoms with Crippen molar-refractivity contribution in [1.82, 2.24) is 0 Å². The molecule has 0 unspecified atom stereocenters. The minimum Gasteiger partial charge on any atom is -0.459 e. The summed E-state index contributed by atoms with van der Waals surface area (Å²) < 4.78 is 17.7. The Morgan fingerprint density at radius 3 is 2.59 bits per heavy atom. The molecule has 4 atom stereocenters. The molecule has 0 amide bonds. The van der Waals surface area contributed by atoms with Gasteiger partial charge in [-0.2, -0.15) is 0 Å². The van der Waals surface area contributed by atoms with Crippen molar-refractivity contribution < 1.29 is 19.0 Å². The maximum Gasteiger partial charge on any atom is 0.309 e. The number of fused-ring (bicyclic) bond motifs is 4. The summed E-state index contributed by atoms with van der Waals surface area (Å²) in [5, 5.41) is 0. The van der Waals surface area contributed by atoms with Crippen LogP contribution in [0.1, 0.15) is 44.9 Å². The number of esters is 1. The molecule has 2 saturated heterocycles. The molecular weight excluding hydrogens is 220 g/mol. The Hall–Kier alpha value is -0.610. The van der Waals surface area contributed by atoms with E-state index in [1.54, 1.807) is 0 Å². The predicted molar refractivity (Wildman–Crippen MR) is 58.2 cm³/mol. The number of hydrogen-bond donors (Lipinski definition) is 0. The second kappa shape index (κ2) is 3.45. The Morgan fingerprint density at radius 2 is 1.76 bits per heavy atom. The van der Waals surface area contributed by atoms with E-state index in [2.05, 4.69) is 0 Å². The fourth-order valence-electron chi connectivity index (χ4n) is 3.86. The number of carbonyl (C=O) groups excluding carboxylic acids is 1. The summed E-state index contributed by atoms with van der Waals surface area (Å²) in [5.74, 6) is -0.331. The van der Waals surface area contributed by atoms with Crippen LogP contribution in [0.25, 0.3) is 0 Å². The highest BCUT2D eigenvalue weighted by atomic mass is 16.8. The predicted octanol–water partition coefficient (Wildman–Crippen LogP) is 1.77. The van der Waals surface area contributed by atoms with Crippen LogP contribution in [0.4, 0.5) is 0 Å². The molecule has 4 aliphatic rings. The molecule has 0 aromatic carbocycles. The molecule has 0 N–H and O–H groups in total. The molecule has 2 heterocycles. The minimum atomic E-state index is -0.343. The van der Waals surface area contributed by atoms with Crippen molar-refractivity contribution in [1.29, 1.82) is 0 Å². The maximum absolute atomic E-state index is 11.5. The van der Waals surface area contributed by atoms with Crippen molar-refractivity contribution in [2.75, 3.05) is 0 Å². The monoisotopic (exact) mass is 238 g/mol. The van der Waals surface area contributed by atoms with E-state index in [9.17, 15) is 4.79 Å². The van der Waals surface area contributed by atoms with Gasteiger partial charge in [0.1, 0.15) is 12.2 Å². The number of hydrogen-bond acceptors (Lipinski definition) is 4. The summed E-state index contributed by atoms with van der Waals surface area (Å²) in [5.41, 5.74) is 0. The zero-order chi connectivity index (χ0) is 11.5. The molecule has 2 aliphatic carbocycles. The molecule has 0 aromatic rings. The van der Waals surface area contributed by atoms with Crippen molar-refractivity contribution in [3.63, 3.8) is 0 Å². The lowest BCUT2D eigenvalue weighted by molar-refractivity contribution is -0.202. The summed E-state index contributed by atoms with van der Waals surface area (Å²) in [6, 6.07) is 0. The minimum absolute atomic E-state index is 0.00389. The van der Waals surface area contributed by atoms with Crippen LogP contribution >= 0.6 is 0 Å². The van der Waals surface area contributed by atoms with Gasteiger partial charge in [-0.3, -0.25) is 4.79 Å². The van der Waals surface area contributed by atoms with E-state index >= 15 is 0 Å². The van der Waals surface area contributed by atoms with Gasteiger partial charge < -0.3 is 14.2 Å². The topological polar surface area (TPSA) is 44.8 Å². The smallest absolute Gasteiger partial charge is 0.309 e. The molecule has 2 bridgehead atoms. The average molecular weight is 238 g/mol. The summed E-state index contributed by atoms with van der Waals surface area (Å²) in [7, 11) is 0. The summed E-state index contributed by atoms with van der Waals surface area (Å²) in [4.78, 5) is 11.5. The first-order valence-corrected chi connectivity index (χ1v) is 6.82. The van der Waals surface area contributed by atoms with Gasteiger partial charge in [-0.25, -0.2) is 0 Å². The molecule has 0 radical (unpaired) electrons. The van der Waals surface area contributed by atoms with Gasteiger partial charge in [-0.05, 0) is 19.3 Å². The largest absolute Gasteiger partial charge is 0.459 e. The van der Waals surface area contributed by atoms with E-state index in [0.717, 1.165) is 25.7 Å². The van der Waals surface area contributed by atoms with Gasteiger partial charge >= 0.3 is 5.97 Å².